The van der Waals surface area contributed by atoms with Gasteiger partial charge in [0, 0.05) is 12.0 Å². The van der Waals surface area contributed by atoms with Crippen LogP contribution in [-0.4, -0.2) is 24.6 Å². The van der Waals surface area contributed by atoms with Gasteiger partial charge in [-0.05, 0) is 37.5 Å². The molecule has 3 nitrogen and oxygen atoms in total. The minimum atomic E-state index is -0.279. The second kappa shape index (κ2) is 6.76. The summed E-state index contributed by atoms with van der Waals surface area (Å²) >= 11 is 2.96. The molecule has 1 aliphatic rings. The fourth-order valence-electron chi connectivity index (χ4n) is 2.76. The van der Waals surface area contributed by atoms with E-state index >= 15 is 0 Å². The van der Waals surface area contributed by atoms with Gasteiger partial charge in [-0.15, -0.1) is 23.1 Å². The van der Waals surface area contributed by atoms with Crippen LogP contribution in [0.1, 0.15) is 58.7 Å². The van der Waals surface area contributed by atoms with Crippen LogP contribution < -0.4 is 0 Å². The molecule has 110 valence electrons. The summed E-state index contributed by atoms with van der Waals surface area (Å²) < 4.78 is 6.09. The lowest BCUT2D eigenvalue weighted by Gasteiger charge is -2.22. The highest BCUT2D eigenvalue weighted by Gasteiger charge is 2.33. The Labute approximate surface area is 128 Å². The van der Waals surface area contributed by atoms with Gasteiger partial charge in [0.05, 0.1) is 10.8 Å². The zero-order chi connectivity index (χ0) is 14.7. The fraction of sp³-hybridized carbons (Fsp3) is 0.600. The first kappa shape index (κ1) is 15.6. The molecule has 0 saturated heterocycles. The number of rotatable bonds is 5. The molecule has 1 atom stereocenters. The maximum atomic E-state index is 12.4. The molecule has 5 heteroatoms. The van der Waals surface area contributed by atoms with Gasteiger partial charge in [0.1, 0.15) is 4.88 Å². The van der Waals surface area contributed by atoms with Crippen molar-refractivity contribution in [3.63, 3.8) is 0 Å². The lowest BCUT2D eigenvalue weighted by Crippen LogP contribution is -2.21. The average molecular weight is 312 g/mol. The van der Waals surface area contributed by atoms with Crippen molar-refractivity contribution in [2.45, 2.75) is 43.7 Å². The van der Waals surface area contributed by atoms with Gasteiger partial charge in [-0.3, -0.25) is 4.79 Å². The van der Waals surface area contributed by atoms with E-state index in [1.165, 1.54) is 11.3 Å². The predicted octanol–water partition coefficient (Wildman–Crippen LogP) is 4.19. The Kier molecular flexibility index (Phi) is 5.27. The number of hydrogen-bond donors (Lipinski definition) is 0. The number of thioether (sulfide) groups is 1. The van der Waals surface area contributed by atoms with Crippen molar-refractivity contribution in [1.29, 1.82) is 0 Å². The molecule has 20 heavy (non-hydrogen) atoms. The summed E-state index contributed by atoms with van der Waals surface area (Å²) in [5.74, 6) is 0.289. The number of hydrogen-bond acceptors (Lipinski definition) is 5. The number of thiophene rings is 1. The maximum Gasteiger partial charge on any atom is 0.348 e. The first-order chi connectivity index (χ1) is 9.62. The highest BCUT2D eigenvalue weighted by atomic mass is 32.2. The molecule has 1 unspecified atom stereocenters. The topological polar surface area (TPSA) is 43.4 Å². The minimum Gasteiger partial charge on any atom is -0.462 e. The van der Waals surface area contributed by atoms with Crippen molar-refractivity contribution in [3.05, 3.63) is 16.0 Å². The quantitative estimate of drug-likeness (QED) is 0.604. The summed E-state index contributed by atoms with van der Waals surface area (Å²) in [5.41, 5.74) is 1.73. The summed E-state index contributed by atoms with van der Waals surface area (Å²) in [6.45, 7) is 4.30. The van der Waals surface area contributed by atoms with E-state index in [0.717, 1.165) is 34.6 Å². The largest absolute Gasteiger partial charge is 0.462 e. The van der Waals surface area contributed by atoms with Crippen LogP contribution >= 0.6 is 23.1 Å². The van der Waals surface area contributed by atoms with Gasteiger partial charge in [-0.2, -0.15) is 0 Å². The summed E-state index contributed by atoms with van der Waals surface area (Å²) in [4.78, 5) is 25.1. The van der Waals surface area contributed by atoms with Crippen LogP contribution in [0.3, 0.4) is 0 Å². The van der Waals surface area contributed by atoms with Crippen LogP contribution in [0.25, 0.3) is 0 Å². The molecule has 0 fully saturated rings. The molecule has 1 aromatic heterocycles. The monoisotopic (exact) mass is 312 g/mol. The highest BCUT2D eigenvalue weighted by molar-refractivity contribution is 8.00. The molecule has 0 amide bonds. The third-order valence-corrected chi connectivity index (χ3v) is 5.90. The van der Waals surface area contributed by atoms with Crippen LogP contribution in [0.4, 0.5) is 0 Å². The van der Waals surface area contributed by atoms with E-state index in [2.05, 4.69) is 6.92 Å². The Balaban J connectivity index is 2.41. The summed E-state index contributed by atoms with van der Waals surface area (Å²) in [6, 6.07) is 0. The van der Waals surface area contributed by atoms with Crippen molar-refractivity contribution in [1.82, 2.24) is 0 Å². The smallest absolute Gasteiger partial charge is 0.348 e. The van der Waals surface area contributed by atoms with Gasteiger partial charge >= 0.3 is 5.97 Å². The van der Waals surface area contributed by atoms with Crippen molar-refractivity contribution in [3.8, 4) is 0 Å². The molecule has 1 aromatic rings. The van der Waals surface area contributed by atoms with Crippen LogP contribution in [0.5, 0.6) is 0 Å². The Bertz CT molecular complexity index is 519. The molecule has 0 aromatic carbocycles. The van der Waals surface area contributed by atoms with E-state index in [0.29, 0.717) is 23.8 Å². The van der Waals surface area contributed by atoms with E-state index in [1.807, 2.05) is 6.26 Å². The number of carbonyl (C=O) groups is 2. The van der Waals surface area contributed by atoms with Crippen LogP contribution in [0.2, 0.25) is 0 Å². The minimum absolute atomic E-state index is 0.195. The number of ketones is 1. The average Bonchev–Trinajstić information content (AvgIpc) is 2.78. The van der Waals surface area contributed by atoms with Gasteiger partial charge < -0.3 is 4.74 Å². The second-order valence-electron chi connectivity index (χ2n) is 4.98. The second-order valence-corrected chi connectivity index (χ2v) is 7.08. The van der Waals surface area contributed by atoms with Gasteiger partial charge in [-0.1, -0.05) is 13.3 Å². The van der Waals surface area contributed by atoms with E-state index < -0.39 is 0 Å². The van der Waals surface area contributed by atoms with Crippen LogP contribution in [-0.2, 0) is 11.2 Å². The van der Waals surface area contributed by atoms with Crippen molar-refractivity contribution < 1.29 is 14.3 Å². The van der Waals surface area contributed by atoms with E-state index in [4.69, 9.17) is 4.74 Å². The Morgan fingerprint density at radius 2 is 2.15 bits per heavy atom. The third-order valence-electron chi connectivity index (χ3n) is 3.56. The Hall–Kier alpha value is -0.810. The van der Waals surface area contributed by atoms with Gasteiger partial charge in [-0.25, -0.2) is 4.79 Å². The number of carbonyl (C=O) groups excluding carboxylic acids is 2. The zero-order valence-corrected chi connectivity index (χ0v) is 13.8. The molecule has 0 radical (unpaired) electrons. The van der Waals surface area contributed by atoms with Gasteiger partial charge in [0.25, 0.3) is 0 Å². The van der Waals surface area contributed by atoms with Crippen molar-refractivity contribution >= 4 is 34.9 Å². The number of esters is 1. The Morgan fingerprint density at radius 1 is 1.40 bits per heavy atom. The lowest BCUT2D eigenvalue weighted by molar-refractivity contribution is 0.0530. The predicted molar refractivity (Wildman–Crippen MR) is 83.1 cm³/mol. The number of ether oxygens (including phenoxy) is 1. The molecule has 1 heterocycles. The molecule has 0 aliphatic heterocycles. The molecule has 1 aliphatic carbocycles. The highest BCUT2D eigenvalue weighted by Crippen LogP contribution is 2.41. The summed E-state index contributed by atoms with van der Waals surface area (Å²) in [7, 11) is 0. The molecule has 0 bridgehead atoms. The molecule has 0 saturated carbocycles. The third kappa shape index (κ3) is 2.93. The van der Waals surface area contributed by atoms with Crippen LogP contribution in [0.15, 0.2) is 4.21 Å². The fourth-order valence-corrected chi connectivity index (χ4v) is 4.76. The molecule has 0 spiro atoms. The number of Topliss-reactive ketones (excluding diaryl/α,β-unsaturated/α-hetero) is 1. The SMILES string of the molecule is CCCC1CC(=O)c2c(SC)sc(C(=O)OCC)c2C1. The van der Waals surface area contributed by atoms with Crippen molar-refractivity contribution in [2.75, 3.05) is 12.9 Å². The van der Waals surface area contributed by atoms with E-state index in [1.54, 1.807) is 18.7 Å². The normalized spacial score (nSPS) is 17.9. The van der Waals surface area contributed by atoms with E-state index in [9.17, 15) is 9.59 Å². The molecular weight excluding hydrogens is 292 g/mol. The summed E-state index contributed by atoms with van der Waals surface area (Å²) in [6.07, 6.45) is 5.51. The van der Waals surface area contributed by atoms with Crippen molar-refractivity contribution in [2.24, 2.45) is 5.92 Å². The molecule has 2 rings (SSSR count). The standard InChI is InChI=1S/C15H20O3S2/c1-4-6-9-7-10-12(11(16)8-9)15(19-3)20-13(10)14(17)18-5-2/h9H,4-8H2,1-3H3. The van der Waals surface area contributed by atoms with E-state index in [-0.39, 0.29) is 11.8 Å². The lowest BCUT2D eigenvalue weighted by atomic mass is 9.82. The number of fused-ring (bicyclic) bond motifs is 1. The first-order valence-electron chi connectivity index (χ1n) is 7.02. The van der Waals surface area contributed by atoms with Crippen LogP contribution in [0, 0.1) is 5.92 Å². The zero-order valence-electron chi connectivity index (χ0n) is 12.2. The van der Waals surface area contributed by atoms with Gasteiger partial charge in [0.2, 0.25) is 0 Å². The van der Waals surface area contributed by atoms with Gasteiger partial charge in [0.15, 0.2) is 5.78 Å². The first-order valence-corrected chi connectivity index (χ1v) is 9.06. The summed E-state index contributed by atoms with van der Waals surface area (Å²) in [5, 5.41) is 0. The molecule has 0 N–H and O–H groups in total. The maximum absolute atomic E-state index is 12.4. The molecular formula is C15H20O3S2. The Morgan fingerprint density at radius 3 is 2.75 bits per heavy atom.